The Labute approximate surface area is 124 Å². The monoisotopic (exact) mass is 282 g/mol. The van der Waals surface area contributed by atoms with Crippen LogP contribution < -0.4 is 15.4 Å². The van der Waals surface area contributed by atoms with Crippen molar-refractivity contribution >= 4 is 11.6 Å². The molecule has 0 aromatic heterocycles. The van der Waals surface area contributed by atoms with E-state index in [0.29, 0.717) is 19.6 Å². The molecule has 0 spiro atoms. The molecule has 0 bridgehead atoms. The van der Waals surface area contributed by atoms with E-state index in [1.54, 1.807) is 4.90 Å². The highest BCUT2D eigenvalue weighted by molar-refractivity contribution is 5.95. The highest BCUT2D eigenvalue weighted by Crippen LogP contribution is 2.31. The molecule has 1 heterocycles. The minimum absolute atomic E-state index is 0.0475. The van der Waals surface area contributed by atoms with Crippen molar-refractivity contribution in [3.63, 3.8) is 0 Å². The molecule has 108 valence electrons. The summed E-state index contributed by atoms with van der Waals surface area (Å²) < 4.78 is 5.63. The largest absolute Gasteiger partial charge is 0.491 e. The Morgan fingerprint density at radius 3 is 2.62 bits per heavy atom. The molecule has 1 aliphatic heterocycles. The van der Waals surface area contributed by atoms with Gasteiger partial charge in [-0.15, -0.1) is 0 Å². The number of hydrogen-bond acceptors (Lipinski definition) is 3. The summed E-state index contributed by atoms with van der Waals surface area (Å²) in [5.74, 6) is 0.787. The maximum atomic E-state index is 12.3. The first-order chi connectivity index (χ1) is 10.3. The lowest BCUT2D eigenvalue weighted by molar-refractivity contribution is -0.118. The number of benzene rings is 2. The van der Waals surface area contributed by atoms with Gasteiger partial charge in [0.15, 0.2) is 0 Å². The number of ether oxygens (including phenoxy) is 1. The Bertz CT molecular complexity index is 628. The van der Waals surface area contributed by atoms with E-state index in [-0.39, 0.29) is 11.9 Å². The lowest BCUT2D eigenvalue weighted by Gasteiger charge is -2.25. The molecule has 4 nitrogen and oxygen atoms in total. The molecule has 3 rings (SSSR count). The van der Waals surface area contributed by atoms with Crippen LogP contribution in [0.1, 0.15) is 18.0 Å². The molecule has 2 aromatic rings. The van der Waals surface area contributed by atoms with Gasteiger partial charge in [0.2, 0.25) is 5.91 Å². The second-order valence-corrected chi connectivity index (χ2v) is 5.09. The number of rotatable bonds is 3. The van der Waals surface area contributed by atoms with Crippen LogP contribution in [-0.4, -0.2) is 19.1 Å². The van der Waals surface area contributed by atoms with Crippen LogP contribution in [-0.2, 0) is 4.79 Å². The summed E-state index contributed by atoms with van der Waals surface area (Å²) in [4.78, 5) is 14.1. The van der Waals surface area contributed by atoms with E-state index >= 15 is 0 Å². The molecule has 0 aliphatic carbocycles. The molecule has 1 aliphatic rings. The van der Waals surface area contributed by atoms with E-state index in [2.05, 4.69) is 0 Å². The fourth-order valence-electron chi connectivity index (χ4n) is 2.52. The van der Waals surface area contributed by atoms with E-state index in [1.807, 2.05) is 54.6 Å². The Kier molecular flexibility index (Phi) is 3.88. The van der Waals surface area contributed by atoms with Crippen LogP contribution in [0.4, 0.5) is 5.69 Å². The van der Waals surface area contributed by atoms with Gasteiger partial charge in [-0.2, -0.15) is 0 Å². The number of fused-ring (bicyclic) bond motifs is 1. The maximum absolute atomic E-state index is 12.3. The molecule has 0 radical (unpaired) electrons. The Morgan fingerprint density at radius 1 is 1.10 bits per heavy atom. The molecule has 21 heavy (non-hydrogen) atoms. The highest BCUT2D eigenvalue weighted by Gasteiger charge is 2.24. The molecule has 0 saturated heterocycles. The molecule has 1 unspecified atom stereocenters. The number of carbonyl (C=O) groups is 1. The summed E-state index contributed by atoms with van der Waals surface area (Å²) in [7, 11) is 0. The molecule has 1 atom stereocenters. The van der Waals surface area contributed by atoms with Gasteiger partial charge in [0.25, 0.3) is 0 Å². The first-order valence-electron chi connectivity index (χ1n) is 7.08. The zero-order valence-corrected chi connectivity index (χ0v) is 11.7. The molecule has 2 aromatic carbocycles. The van der Waals surface area contributed by atoms with E-state index < -0.39 is 0 Å². The van der Waals surface area contributed by atoms with Gasteiger partial charge in [-0.3, -0.25) is 4.79 Å². The van der Waals surface area contributed by atoms with Crippen molar-refractivity contribution < 1.29 is 9.53 Å². The number of nitrogens with two attached hydrogens (primary N) is 1. The van der Waals surface area contributed by atoms with Gasteiger partial charge in [0, 0.05) is 12.6 Å². The van der Waals surface area contributed by atoms with E-state index in [4.69, 9.17) is 10.5 Å². The molecule has 0 saturated carbocycles. The van der Waals surface area contributed by atoms with Crippen molar-refractivity contribution in [1.82, 2.24) is 0 Å². The van der Waals surface area contributed by atoms with Gasteiger partial charge in [-0.25, -0.2) is 0 Å². The quantitative estimate of drug-likeness (QED) is 0.941. The van der Waals surface area contributed by atoms with Crippen molar-refractivity contribution in [3.05, 3.63) is 60.2 Å². The summed E-state index contributed by atoms with van der Waals surface area (Å²) in [6.45, 7) is 0.857. The third-order valence-corrected chi connectivity index (χ3v) is 3.64. The predicted octanol–water partition coefficient (Wildman–Crippen LogP) is 2.50. The fraction of sp³-hybridized carbons (Fsp3) is 0.235. The summed E-state index contributed by atoms with van der Waals surface area (Å²) in [6.07, 6.45) is 0.371. The number of hydrogen-bond donors (Lipinski definition) is 1. The Balaban J connectivity index is 1.88. The maximum Gasteiger partial charge on any atom is 0.230 e. The fourth-order valence-corrected chi connectivity index (χ4v) is 2.52. The molecule has 1 amide bonds. The van der Waals surface area contributed by atoms with Gasteiger partial charge in [-0.1, -0.05) is 42.5 Å². The normalized spacial score (nSPS) is 15.9. The minimum Gasteiger partial charge on any atom is -0.491 e. The first-order valence-corrected chi connectivity index (χ1v) is 7.08. The minimum atomic E-state index is -0.221. The third-order valence-electron chi connectivity index (χ3n) is 3.64. The van der Waals surface area contributed by atoms with Crippen LogP contribution in [0.5, 0.6) is 5.75 Å². The number of carbonyl (C=O) groups excluding carboxylic acids is 1. The zero-order valence-electron chi connectivity index (χ0n) is 11.7. The molecular formula is C17H18N2O2. The topological polar surface area (TPSA) is 55.6 Å². The van der Waals surface area contributed by atoms with E-state index in [9.17, 15) is 4.79 Å². The van der Waals surface area contributed by atoms with Crippen LogP contribution in [0.3, 0.4) is 0 Å². The average Bonchev–Trinajstić information content (AvgIpc) is 2.68. The van der Waals surface area contributed by atoms with Crippen LogP contribution in [0.2, 0.25) is 0 Å². The van der Waals surface area contributed by atoms with Crippen molar-refractivity contribution in [2.75, 3.05) is 18.1 Å². The van der Waals surface area contributed by atoms with Gasteiger partial charge in [-0.05, 0) is 17.7 Å². The molecular weight excluding hydrogens is 264 g/mol. The van der Waals surface area contributed by atoms with Crippen LogP contribution >= 0.6 is 0 Å². The lowest BCUT2D eigenvalue weighted by atomic mass is 10.1. The standard InChI is InChI=1S/C17H18N2O2/c18-14(13-6-2-1-3-7-13)12-19-15-8-4-5-9-16(15)21-11-10-17(19)20/h1-9,14H,10-12,18H2. The van der Waals surface area contributed by atoms with E-state index in [1.165, 1.54) is 0 Å². The van der Waals surface area contributed by atoms with Gasteiger partial charge in [0.05, 0.1) is 18.7 Å². The van der Waals surface area contributed by atoms with Crippen molar-refractivity contribution in [2.45, 2.75) is 12.5 Å². The Morgan fingerprint density at radius 2 is 1.81 bits per heavy atom. The second kappa shape index (κ2) is 5.97. The first kappa shape index (κ1) is 13.6. The SMILES string of the molecule is NC(CN1C(=O)CCOc2ccccc21)c1ccccc1. The van der Waals surface area contributed by atoms with Crippen LogP contribution in [0.25, 0.3) is 0 Å². The Hall–Kier alpha value is -2.33. The van der Waals surface area contributed by atoms with Crippen molar-refractivity contribution in [2.24, 2.45) is 5.73 Å². The number of anilines is 1. The summed E-state index contributed by atoms with van der Waals surface area (Å²) in [5.41, 5.74) is 8.08. The number of nitrogens with zero attached hydrogens (tertiary/aromatic N) is 1. The number of para-hydroxylation sites is 2. The lowest BCUT2D eigenvalue weighted by Crippen LogP contribution is -2.36. The smallest absolute Gasteiger partial charge is 0.230 e. The average molecular weight is 282 g/mol. The predicted molar refractivity (Wildman–Crippen MR) is 82.3 cm³/mol. The van der Waals surface area contributed by atoms with Crippen LogP contribution in [0, 0.1) is 0 Å². The molecule has 0 fully saturated rings. The zero-order chi connectivity index (χ0) is 14.7. The third kappa shape index (κ3) is 2.90. The number of amides is 1. The van der Waals surface area contributed by atoms with Gasteiger partial charge < -0.3 is 15.4 Å². The van der Waals surface area contributed by atoms with E-state index in [0.717, 1.165) is 17.0 Å². The highest BCUT2D eigenvalue weighted by atomic mass is 16.5. The van der Waals surface area contributed by atoms with Crippen molar-refractivity contribution in [1.29, 1.82) is 0 Å². The van der Waals surface area contributed by atoms with Crippen LogP contribution in [0.15, 0.2) is 54.6 Å². The van der Waals surface area contributed by atoms with Gasteiger partial charge >= 0.3 is 0 Å². The van der Waals surface area contributed by atoms with Gasteiger partial charge in [0.1, 0.15) is 5.75 Å². The summed E-state index contributed by atoms with van der Waals surface area (Å²) >= 11 is 0. The summed E-state index contributed by atoms with van der Waals surface area (Å²) in [5, 5.41) is 0. The molecule has 2 N–H and O–H groups in total. The summed E-state index contributed by atoms with van der Waals surface area (Å²) in [6, 6.07) is 17.2. The second-order valence-electron chi connectivity index (χ2n) is 5.09. The van der Waals surface area contributed by atoms with Crippen molar-refractivity contribution in [3.8, 4) is 5.75 Å². The molecule has 4 heteroatoms.